The van der Waals surface area contributed by atoms with E-state index < -0.39 is 18.2 Å². The first-order valence-corrected chi connectivity index (χ1v) is 5.01. The molecule has 1 rings (SSSR count). The van der Waals surface area contributed by atoms with Crippen LogP contribution in [0.1, 0.15) is 18.1 Å². The lowest BCUT2D eigenvalue weighted by Gasteiger charge is -2.16. The van der Waals surface area contributed by atoms with Gasteiger partial charge in [0, 0.05) is 25.0 Å². The summed E-state index contributed by atoms with van der Waals surface area (Å²) in [6.45, 7) is 0. The van der Waals surface area contributed by atoms with E-state index in [-0.39, 0.29) is 6.42 Å². The number of aromatic nitrogens is 2. The highest BCUT2D eigenvalue weighted by atomic mass is 16.5. The Morgan fingerprint density at radius 3 is 2.53 bits per heavy atom. The van der Waals surface area contributed by atoms with Crippen molar-refractivity contribution in [1.29, 1.82) is 0 Å². The first-order chi connectivity index (χ1) is 8.08. The second-order valence-corrected chi connectivity index (χ2v) is 3.38. The summed E-state index contributed by atoms with van der Waals surface area (Å²) in [6, 6.07) is 0. The Balaban J connectivity index is 2.67. The SMILES string of the molecule is CNc1ncc(C(O)C(O)CC(=O)OC)cn1. The zero-order valence-corrected chi connectivity index (χ0v) is 9.62. The van der Waals surface area contributed by atoms with Crippen LogP contribution < -0.4 is 5.32 Å². The molecule has 0 spiro atoms. The molecule has 94 valence electrons. The van der Waals surface area contributed by atoms with E-state index in [0.717, 1.165) is 0 Å². The number of nitrogens with zero attached hydrogens (tertiary/aromatic N) is 2. The Kier molecular flexibility index (Phi) is 4.80. The number of aliphatic hydroxyl groups is 2. The molecule has 0 saturated heterocycles. The number of nitrogens with one attached hydrogen (secondary N) is 1. The van der Waals surface area contributed by atoms with E-state index in [2.05, 4.69) is 20.0 Å². The van der Waals surface area contributed by atoms with Crippen molar-refractivity contribution in [2.45, 2.75) is 18.6 Å². The lowest BCUT2D eigenvalue weighted by molar-refractivity contribution is -0.144. The van der Waals surface area contributed by atoms with Crippen molar-refractivity contribution in [3.63, 3.8) is 0 Å². The summed E-state index contributed by atoms with van der Waals surface area (Å²) in [6.07, 6.45) is 0.00546. The average molecular weight is 241 g/mol. The van der Waals surface area contributed by atoms with Crippen molar-refractivity contribution in [3.8, 4) is 0 Å². The fourth-order valence-corrected chi connectivity index (χ4v) is 1.21. The molecule has 1 heterocycles. The molecule has 7 nitrogen and oxygen atoms in total. The van der Waals surface area contributed by atoms with Crippen LogP contribution in [0.3, 0.4) is 0 Å². The Morgan fingerprint density at radius 2 is 2.06 bits per heavy atom. The molecule has 0 amide bonds. The van der Waals surface area contributed by atoms with E-state index in [1.54, 1.807) is 7.05 Å². The molecule has 0 aromatic carbocycles. The molecular formula is C10H15N3O4. The molecule has 0 aliphatic heterocycles. The number of ether oxygens (including phenoxy) is 1. The number of aliphatic hydroxyl groups excluding tert-OH is 2. The molecule has 0 radical (unpaired) electrons. The van der Waals surface area contributed by atoms with Gasteiger partial charge >= 0.3 is 5.97 Å². The van der Waals surface area contributed by atoms with E-state index in [9.17, 15) is 15.0 Å². The zero-order chi connectivity index (χ0) is 12.8. The summed E-state index contributed by atoms with van der Waals surface area (Å²) in [5.41, 5.74) is 0.334. The number of hydrogen-bond donors (Lipinski definition) is 3. The normalized spacial score (nSPS) is 13.9. The van der Waals surface area contributed by atoms with Crippen molar-refractivity contribution >= 4 is 11.9 Å². The molecule has 7 heteroatoms. The third-order valence-corrected chi connectivity index (χ3v) is 2.20. The highest BCUT2D eigenvalue weighted by molar-refractivity contribution is 5.69. The van der Waals surface area contributed by atoms with Crippen LogP contribution in [-0.4, -0.2) is 46.4 Å². The molecule has 0 aliphatic rings. The van der Waals surface area contributed by atoms with Gasteiger partial charge < -0.3 is 20.3 Å². The molecule has 1 aromatic rings. The molecule has 0 fully saturated rings. The monoisotopic (exact) mass is 241 g/mol. The minimum absolute atomic E-state index is 0.286. The smallest absolute Gasteiger partial charge is 0.308 e. The van der Waals surface area contributed by atoms with Gasteiger partial charge in [-0.05, 0) is 0 Å². The lowest BCUT2D eigenvalue weighted by Crippen LogP contribution is -2.22. The summed E-state index contributed by atoms with van der Waals surface area (Å²) in [4.78, 5) is 18.7. The van der Waals surface area contributed by atoms with Crippen LogP contribution in [0.25, 0.3) is 0 Å². The Morgan fingerprint density at radius 1 is 1.47 bits per heavy atom. The van der Waals surface area contributed by atoms with Gasteiger partial charge in [0.2, 0.25) is 5.95 Å². The van der Waals surface area contributed by atoms with Crippen LogP contribution in [0, 0.1) is 0 Å². The van der Waals surface area contributed by atoms with Gasteiger partial charge in [-0.2, -0.15) is 0 Å². The number of hydrogen-bond acceptors (Lipinski definition) is 7. The zero-order valence-electron chi connectivity index (χ0n) is 9.62. The summed E-state index contributed by atoms with van der Waals surface area (Å²) in [5, 5.41) is 22.0. The largest absolute Gasteiger partial charge is 0.469 e. The van der Waals surface area contributed by atoms with Gasteiger partial charge in [0.25, 0.3) is 0 Å². The Bertz CT molecular complexity index is 368. The van der Waals surface area contributed by atoms with Crippen molar-refractivity contribution in [3.05, 3.63) is 18.0 Å². The van der Waals surface area contributed by atoms with E-state index >= 15 is 0 Å². The number of methoxy groups -OCH3 is 1. The van der Waals surface area contributed by atoms with Crippen molar-refractivity contribution in [2.75, 3.05) is 19.5 Å². The molecule has 0 bridgehead atoms. The molecule has 1 aromatic heterocycles. The van der Waals surface area contributed by atoms with E-state index in [0.29, 0.717) is 11.5 Å². The van der Waals surface area contributed by atoms with Gasteiger partial charge in [0.05, 0.1) is 19.6 Å². The first-order valence-electron chi connectivity index (χ1n) is 5.01. The highest BCUT2D eigenvalue weighted by Gasteiger charge is 2.22. The van der Waals surface area contributed by atoms with Crippen molar-refractivity contribution < 1.29 is 19.7 Å². The van der Waals surface area contributed by atoms with Gasteiger partial charge in [-0.15, -0.1) is 0 Å². The standard InChI is InChI=1S/C10H15N3O4/c1-11-10-12-4-6(5-13-10)9(16)7(14)3-8(15)17-2/h4-5,7,9,14,16H,3H2,1-2H3,(H,11,12,13). The maximum Gasteiger partial charge on any atom is 0.308 e. The third kappa shape index (κ3) is 3.65. The Labute approximate surface area is 98.5 Å². The van der Waals surface area contributed by atoms with E-state index in [1.165, 1.54) is 19.5 Å². The van der Waals surface area contributed by atoms with Crippen LogP contribution >= 0.6 is 0 Å². The predicted octanol–water partition coefficient (Wildman–Crippen LogP) is -0.524. The molecule has 3 N–H and O–H groups in total. The highest BCUT2D eigenvalue weighted by Crippen LogP contribution is 2.18. The second-order valence-electron chi connectivity index (χ2n) is 3.38. The number of anilines is 1. The van der Waals surface area contributed by atoms with E-state index in [1.807, 2.05) is 0 Å². The summed E-state index contributed by atoms with van der Waals surface area (Å²) >= 11 is 0. The number of esters is 1. The average Bonchev–Trinajstić information content (AvgIpc) is 2.37. The topological polar surface area (TPSA) is 105 Å². The van der Waals surface area contributed by atoms with Gasteiger partial charge in [-0.1, -0.05) is 0 Å². The number of carbonyl (C=O) groups is 1. The summed E-state index contributed by atoms with van der Waals surface area (Å²) in [5.74, 6) is -0.187. The van der Waals surface area contributed by atoms with Gasteiger partial charge in [0.1, 0.15) is 6.10 Å². The van der Waals surface area contributed by atoms with Gasteiger partial charge in [-0.3, -0.25) is 4.79 Å². The van der Waals surface area contributed by atoms with Gasteiger partial charge in [0.15, 0.2) is 0 Å². The maximum absolute atomic E-state index is 10.9. The van der Waals surface area contributed by atoms with Crippen LogP contribution in [-0.2, 0) is 9.53 Å². The van der Waals surface area contributed by atoms with Gasteiger partial charge in [-0.25, -0.2) is 9.97 Å². The molecular weight excluding hydrogens is 226 g/mol. The van der Waals surface area contributed by atoms with Crippen LogP contribution in [0.15, 0.2) is 12.4 Å². The summed E-state index contributed by atoms with van der Waals surface area (Å²) in [7, 11) is 2.88. The molecule has 17 heavy (non-hydrogen) atoms. The second kappa shape index (κ2) is 6.12. The molecule has 0 saturated carbocycles. The van der Waals surface area contributed by atoms with E-state index in [4.69, 9.17) is 0 Å². The fourth-order valence-electron chi connectivity index (χ4n) is 1.21. The predicted molar refractivity (Wildman–Crippen MR) is 59.2 cm³/mol. The molecule has 0 aliphatic carbocycles. The Hall–Kier alpha value is -1.73. The number of carbonyl (C=O) groups excluding carboxylic acids is 1. The van der Waals surface area contributed by atoms with Crippen LogP contribution in [0.5, 0.6) is 0 Å². The minimum atomic E-state index is -1.24. The third-order valence-electron chi connectivity index (χ3n) is 2.20. The van der Waals surface area contributed by atoms with Crippen molar-refractivity contribution in [1.82, 2.24) is 9.97 Å². The minimum Gasteiger partial charge on any atom is -0.469 e. The molecule has 2 atom stereocenters. The lowest BCUT2D eigenvalue weighted by atomic mass is 10.1. The van der Waals surface area contributed by atoms with Crippen LogP contribution in [0.4, 0.5) is 5.95 Å². The fraction of sp³-hybridized carbons (Fsp3) is 0.500. The van der Waals surface area contributed by atoms with Crippen molar-refractivity contribution in [2.24, 2.45) is 0 Å². The van der Waals surface area contributed by atoms with Crippen LogP contribution in [0.2, 0.25) is 0 Å². The first kappa shape index (κ1) is 13.3. The molecule has 2 unspecified atom stereocenters. The maximum atomic E-state index is 10.9. The quantitative estimate of drug-likeness (QED) is 0.595. The number of rotatable bonds is 5. The summed E-state index contributed by atoms with van der Waals surface area (Å²) < 4.78 is 4.39.